The number of rotatable bonds is 10. The zero-order chi connectivity index (χ0) is 16.3. The molecule has 0 saturated heterocycles. The van der Waals surface area contributed by atoms with Gasteiger partial charge >= 0.3 is 6.80 Å². The second kappa shape index (κ2) is 11.3. The Bertz CT molecular complexity index is 335. The third-order valence-corrected chi connectivity index (χ3v) is 4.45. The molecular formula is C12H29N4O3PS. The van der Waals surface area contributed by atoms with E-state index in [9.17, 15) is 4.57 Å². The van der Waals surface area contributed by atoms with Gasteiger partial charge in [0.25, 0.3) is 0 Å². The van der Waals surface area contributed by atoms with E-state index in [2.05, 4.69) is 48.6 Å². The summed E-state index contributed by atoms with van der Waals surface area (Å²) < 4.78 is 10.6. The molecule has 0 amide bonds. The van der Waals surface area contributed by atoms with Crippen molar-refractivity contribution < 1.29 is 14.4 Å². The van der Waals surface area contributed by atoms with Crippen molar-refractivity contribution in [3.8, 4) is 0 Å². The summed E-state index contributed by atoms with van der Waals surface area (Å²) in [4.78, 5) is 21.8. The second-order valence-electron chi connectivity index (χ2n) is 5.26. The monoisotopic (exact) mass is 340 g/mol. The van der Waals surface area contributed by atoms with Crippen LogP contribution in [0.25, 0.3) is 0 Å². The number of hydrogen-bond acceptors (Lipinski definition) is 4. The summed E-state index contributed by atoms with van der Waals surface area (Å²) in [5.74, 6) is 1.22. The molecule has 0 aliphatic heterocycles. The molecule has 0 aliphatic carbocycles. The van der Waals surface area contributed by atoms with Crippen LogP contribution in [0.4, 0.5) is 0 Å². The normalized spacial score (nSPS) is 11.8. The van der Waals surface area contributed by atoms with E-state index in [0.717, 1.165) is 18.9 Å². The zero-order valence-electron chi connectivity index (χ0n) is 13.3. The highest BCUT2D eigenvalue weighted by molar-refractivity contribution is 8.54. The molecule has 0 heterocycles. The maximum atomic E-state index is 10.6. The van der Waals surface area contributed by atoms with Gasteiger partial charge in [-0.3, -0.25) is 4.99 Å². The van der Waals surface area contributed by atoms with Crippen LogP contribution in [0.1, 0.15) is 34.1 Å². The van der Waals surface area contributed by atoms with Crippen LogP contribution in [0.5, 0.6) is 0 Å². The van der Waals surface area contributed by atoms with Crippen molar-refractivity contribution >= 4 is 24.1 Å². The highest BCUT2D eigenvalue weighted by Crippen LogP contribution is 2.49. The molecule has 0 bridgehead atoms. The van der Waals surface area contributed by atoms with Gasteiger partial charge in [0.05, 0.1) is 0 Å². The smallest absolute Gasteiger partial charge is 0.354 e. The van der Waals surface area contributed by atoms with E-state index in [4.69, 9.17) is 9.79 Å². The molecule has 0 atom stereocenters. The number of nitrogens with zero attached hydrogens (tertiary/aromatic N) is 1. The standard InChI is InChI=1S/C12H29N4O3PS/c1-10(2)15-12(16-11(3)4)14-7-5-6-13-8-9-21-20(17,18)19/h10-11,13H,5-9H2,1-4H3,(H2,14,15,16)(H2,17,18,19). The summed E-state index contributed by atoms with van der Waals surface area (Å²) in [6.45, 7) is 6.41. The molecule has 0 spiro atoms. The summed E-state index contributed by atoms with van der Waals surface area (Å²) >= 11 is 0.673. The number of guanidine groups is 1. The van der Waals surface area contributed by atoms with Crippen LogP contribution < -0.4 is 16.0 Å². The lowest BCUT2D eigenvalue weighted by Crippen LogP contribution is -2.44. The number of aliphatic imine (C=N–C) groups is 1. The Morgan fingerprint density at radius 3 is 2.19 bits per heavy atom. The molecule has 0 aromatic carbocycles. The SMILES string of the molecule is CC(C)NC(=NCCCNCCSP(=O)(O)O)NC(C)C. The van der Waals surface area contributed by atoms with Crippen molar-refractivity contribution in [3.05, 3.63) is 0 Å². The van der Waals surface area contributed by atoms with Crippen molar-refractivity contribution in [2.24, 2.45) is 4.99 Å². The molecule has 0 aromatic rings. The maximum absolute atomic E-state index is 10.6. The van der Waals surface area contributed by atoms with Crippen LogP contribution in [0.3, 0.4) is 0 Å². The van der Waals surface area contributed by atoms with Gasteiger partial charge in [-0.15, -0.1) is 0 Å². The van der Waals surface area contributed by atoms with Gasteiger partial charge < -0.3 is 25.7 Å². The molecule has 0 rings (SSSR count). The fraction of sp³-hybridized carbons (Fsp3) is 0.917. The van der Waals surface area contributed by atoms with E-state index in [0.29, 0.717) is 42.3 Å². The Morgan fingerprint density at radius 2 is 1.71 bits per heavy atom. The largest absolute Gasteiger partial charge is 0.384 e. The van der Waals surface area contributed by atoms with E-state index in [-0.39, 0.29) is 0 Å². The predicted molar refractivity (Wildman–Crippen MR) is 90.8 cm³/mol. The van der Waals surface area contributed by atoms with Gasteiger partial charge in [0.15, 0.2) is 5.96 Å². The zero-order valence-corrected chi connectivity index (χ0v) is 15.0. The third kappa shape index (κ3) is 15.9. The molecule has 21 heavy (non-hydrogen) atoms. The van der Waals surface area contributed by atoms with Crippen LogP contribution in [-0.2, 0) is 4.57 Å². The summed E-state index contributed by atoms with van der Waals surface area (Å²) in [6.07, 6.45) is 0.879. The lowest BCUT2D eigenvalue weighted by atomic mass is 10.4. The first-order valence-electron chi connectivity index (χ1n) is 7.19. The summed E-state index contributed by atoms with van der Waals surface area (Å²) in [7, 11) is 0. The average Bonchev–Trinajstić information content (AvgIpc) is 2.29. The van der Waals surface area contributed by atoms with Crippen molar-refractivity contribution in [2.45, 2.75) is 46.2 Å². The number of nitrogens with one attached hydrogen (secondary N) is 3. The van der Waals surface area contributed by atoms with Crippen molar-refractivity contribution in [1.82, 2.24) is 16.0 Å². The fourth-order valence-corrected chi connectivity index (χ4v) is 2.90. The average molecular weight is 340 g/mol. The van der Waals surface area contributed by atoms with Gasteiger partial charge in [-0.05, 0) is 52.0 Å². The van der Waals surface area contributed by atoms with E-state index in [1.54, 1.807) is 0 Å². The van der Waals surface area contributed by atoms with Crippen molar-refractivity contribution in [2.75, 3.05) is 25.4 Å². The van der Waals surface area contributed by atoms with Crippen LogP contribution >= 0.6 is 18.2 Å². The molecule has 9 heteroatoms. The van der Waals surface area contributed by atoms with Crippen LogP contribution in [0.2, 0.25) is 0 Å². The first kappa shape index (κ1) is 20.7. The Kier molecular flexibility index (Phi) is 11.2. The van der Waals surface area contributed by atoms with Gasteiger partial charge in [-0.25, -0.2) is 4.57 Å². The Labute approximate surface area is 131 Å². The molecule has 0 aromatic heterocycles. The Morgan fingerprint density at radius 1 is 1.14 bits per heavy atom. The maximum Gasteiger partial charge on any atom is 0.384 e. The molecule has 126 valence electrons. The summed E-state index contributed by atoms with van der Waals surface area (Å²) in [6, 6.07) is 0.663. The van der Waals surface area contributed by atoms with Gasteiger partial charge in [-0.2, -0.15) is 0 Å². The summed E-state index contributed by atoms with van der Waals surface area (Å²) in [5, 5.41) is 9.67. The Hall–Kier alpha value is -0.270. The molecule has 0 fully saturated rings. The molecule has 5 N–H and O–H groups in total. The lowest BCUT2D eigenvalue weighted by molar-refractivity contribution is 0.397. The van der Waals surface area contributed by atoms with E-state index < -0.39 is 6.80 Å². The minimum absolute atomic E-state index is 0.331. The van der Waals surface area contributed by atoms with E-state index in [1.165, 1.54) is 0 Å². The van der Waals surface area contributed by atoms with Crippen LogP contribution in [0.15, 0.2) is 4.99 Å². The van der Waals surface area contributed by atoms with Gasteiger partial charge in [0.2, 0.25) is 0 Å². The molecule has 0 saturated carbocycles. The molecular weight excluding hydrogens is 311 g/mol. The van der Waals surface area contributed by atoms with E-state index in [1.807, 2.05) is 0 Å². The minimum atomic E-state index is -3.93. The highest BCUT2D eigenvalue weighted by Gasteiger charge is 2.11. The quantitative estimate of drug-likeness (QED) is 0.176. The van der Waals surface area contributed by atoms with E-state index >= 15 is 0 Å². The number of hydrogen-bond donors (Lipinski definition) is 5. The highest BCUT2D eigenvalue weighted by atomic mass is 32.7. The molecule has 0 unspecified atom stereocenters. The fourth-order valence-electron chi connectivity index (χ4n) is 1.44. The van der Waals surface area contributed by atoms with Gasteiger partial charge in [-0.1, -0.05) is 0 Å². The second-order valence-corrected chi connectivity index (χ2v) is 9.10. The van der Waals surface area contributed by atoms with Crippen molar-refractivity contribution in [3.63, 3.8) is 0 Å². The van der Waals surface area contributed by atoms with Crippen LogP contribution in [0, 0.1) is 0 Å². The Balaban J connectivity index is 3.77. The van der Waals surface area contributed by atoms with Gasteiger partial charge in [0, 0.05) is 30.9 Å². The molecule has 7 nitrogen and oxygen atoms in total. The lowest BCUT2D eigenvalue weighted by Gasteiger charge is -2.17. The summed E-state index contributed by atoms with van der Waals surface area (Å²) in [5.41, 5.74) is 0. The predicted octanol–water partition coefficient (Wildman–Crippen LogP) is 1.14. The van der Waals surface area contributed by atoms with Gasteiger partial charge in [0.1, 0.15) is 0 Å². The van der Waals surface area contributed by atoms with Crippen molar-refractivity contribution in [1.29, 1.82) is 0 Å². The first-order chi connectivity index (χ1) is 9.70. The topological polar surface area (TPSA) is 106 Å². The molecule has 0 radical (unpaired) electrons. The first-order valence-corrected chi connectivity index (χ1v) is 10.4. The van der Waals surface area contributed by atoms with Crippen LogP contribution in [-0.4, -0.2) is 53.2 Å². The third-order valence-electron chi connectivity index (χ3n) is 2.17. The molecule has 0 aliphatic rings. The minimum Gasteiger partial charge on any atom is -0.354 e.